The third-order valence-corrected chi connectivity index (χ3v) is 5.09. The Morgan fingerprint density at radius 2 is 1.89 bits per heavy atom. The second-order valence-electron chi connectivity index (χ2n) is 6.08. The van der Waals surface area contributed by atoms with Crippen LogP contribution in [0.25, 0.3) is 6.08 Å². The summed E-state index contributed by atoms with van der Waals surface area (Å²) in [6.45, 7) is 0.522. The molecule has 2 saturated heterocycles. The molecule has 1 N–H and O–H groups in total. The summed E-state index contributed by atoms with van der Waals surface area (Å²) in [5.41, 5.74) is 0.482. The Kier molecular flexibility index (Phi) is 5.80. The van der Waals surface area contributed by atoms with E-state index in [-0.39, 0.29) is 17.4 Å². The fraction of sp³-hybridized carbons (Fsp3) is 0.333. The third-order valence-electron chi connectivity index (χ3n) is 4.18. The van der Waals surface area contributed by atoms with Gasteiger partial charge in [-0.2, -0.15) is 0 Å². The second-order valence-corrected chi connectivity index (χ2v) is 7.07. The number of benzene rings is 1. The molecule has 0 aromatic heterocycles. The van der Waals surface area contributed by atoms with Gasteiger partial charge in [-0.3, -0.25) is 19.3 Å². The van der Waals surface area contributed by atoms with Crippen LogP contribution >= 0.6 is 11.8 Å². The highest BCUT2D eigenvalue weighted by molar-refractivity contribution is 8.18. The van der Waals surface area contributed by atoms with E-state index < -0.39 is 23.7 Å². The number of amides is 3. The summed E-state index contributed by atoms with van der Waals surface area (Å²) in [5, 5.41) is 8.25. The van der Waals surface area contributed by atoms with Crippen LogP contribution in [-0.2, 0) is 14.4 Å². The summed E-state index contributed by atoms with van der Waals surface area (Å²) in [6, 6.07) is 6.62. The molecule has 0 spiro atoms. The minimum atomic E-state index is -1.12. The van der Waals surface area contributed by atoms with Crippen molar-refractivity contribution in [2.24, 2.45) is 0 Å². The van der Waals surface area contributed by atoms with Gasteiger partial charge in [-0.05, 0) is 36.7 Å². The standard InChI is InChI=1S/C18H18N2O6S/c21-15(19-7-3-4-8-19)10-20-17(24)14(27-18(20)25)9-12-5-1-2-6-13(12)26-11-16(22)23/h1-2,5-6,9H,3-4,7-8,10-11H2,(H,22,23)/b14-9+. The van der Waals surface area contributed by atoms with Crippen LogP contribution in [0.4, 0.5) is 4.79 Å². The van der Waals surface area contributed by atoms with Crippen molar-refractivity contribution < 1.29 is 29.0 Å². The number of hydrogen-bond donors (Lipinski definition) is 1. The maximum atomic E-state index is 12.6. The predicted molar refractivity (Wildman–Crippen MR) is 98.1 cm³/mol. The monoisotopic (exact) mass is 390 g/mol. The number of carboxylic acid groups (broad SMARTS) is 1. The number of likely N-dealkylation sites (tertiary alicyclic amines) is 1. The minimum absolute atomic E-state index is 0.167. The van der Waals surface area contributed by atoms with Gasteiger partial charge in [-0.15, -0.1) is 0 Å². The van der Waals surface area contributed by atoms with Crippen molar-refractivity contribution in [3.05, 3.63) is 34.7 Å². The highest BCUT2D eigenvalue weighted by atomic mass is 32.2. The van der Waals surface area contributed by atoms with Gasteiger partial charge in [0.1, 0.15) is 12.3 Å². The fourth-order valence-electron chi connectivity index (χ4n) is 2.85. The van der Waals surface area contributed by atoms with Crippen molar-refractivity contribution in [3.8, 4) is 5.75 Å². The summed E-state index contributed by atoms with van der Waals surface area (Å²) in [4.78, 5) is 50.4. The maximum Gasteiger partial charge on any atom is 0.341 e. The van der Waals surface area contributed by atoms with Crippen LogP contribution in [0.1, 0.15) is 18.4 Å². The van der Waals surface area contributed by atoms with E-state index >= 15 is 0 Å². The lowest BCUT2D eigenvalue weighted by Crippen LogP contribution is -2.40. The van der Waals surface area contributed by atoms with Gasteiger partial charge in [0.15, 0.2) is 6.61 Å². The first-order valence-corrected chi connectivity index (χ1v) is 9.24. The molecule has 0 bridgehead atoms. The quantitative estimate of drug-likeness (QED) is 0.739. The average molecular weight is 390 g/mol. The molecule has 0 unspecified atom stereocenters. The summed E-state index contributed by atoms with van der Waals surface area (Å²) >= 11 is 0.750. The molecular formula is C18H18N2O6S. The lowest BCUT2D eigenvalue weighted by atomic mass is 10.2. The molecule has 8 nitrogen and oxygen atoms in total. The number of nitrogens with zero attached hydrogens (tertiary/aromatic N) is 2. The normalized spacial score (nSPS) is 18.4. The minimum Gasteiger partial charge on any atom is -0.481 e. The van der Waals surface area contributed by atoms with Crippen LogP contribution in [-0.4, -0.2) is 64.2 Å². The van der Waals surface area contributed by atoms with Crippen LogP contribution in [0, 0.1) is 0 Å². The third kappa shape index (κ3) is 4.48. The van der Waals surface area contributed by atoms with E-state index in [1.54, 1.807) is 29.2 Å². The molecule has 27 heavy (non-hydrogen) atoms. The van der Waals surface area contributed by atoms with Crippen LogP contribution in [0.2, 0.25) is 0 Å². The van der Waals surface area contributed by atoms with E-state index in [0.29, 0.717) is 24.4 Å². The molecule has 2 fully saturated rings. The lowest BCUT2D eigenvalue weighted by Gasteiger charge is -2.18. The van der Waals surface area contributed by atoms with Gasteiger partial charge in [0.2, 0.25) is 5.91 Å². The van der Waals surface area contributed by atoms with Gasteiger partial charge in [-0.1, -0.05) is 18.2 Å². The molecule has 0 radical (unpaired) electrons. The number of aliphatic carboxylic acids is 1. The Balaban J connectivity index is 1.74. The Bertz CT molecular complexity index is 816. The van der Waals surface area contributed by atoms with E-state index in [1.165, 1.54) is 6.08 Å². The Morgan fingerprint density at radius 3 is 2.59 bits per heavy atom. The maximum absolute atomic E-state index is 12.6. The highest BCUT2D eigenvalue weighted by Crippen LogP contribution is 2.34. The molecule has 142 valence electrons. The topological polar surface area (TPSA) is 104 Å². The molecule has 2 aliphatic heterocycles. The summed E-state index contributed by atoms with van der Waals surface area (Å²) in [5.74, 6) is -1.60. The fourth-order valence-corrected chi connectivity index (χ4v) is 3.68. The Labute approximate surface area is 159 Å². The zero-order valence-corrected chi connectivity index (χ0v) is 15.2. The summed E-state index contributed by atoms with van der Waals surface area (Å²) in [6.07, 6.45) is 3.34. The smallest absolute Gasteiger partial charge is 0.341 e. The van der Waals surface area contributed by atoms with Gasteiger partial charge in [0.25, 0.3) is 11.1 Å². The Morgan fingerprint density at radius 1 is 1.19 bits per heavy atom. The zero-order chi connectivity index (χ0) is 19.4. The zero-order valence-electron chi connectivity index (χ0n) is 14.4. The summed E-state index contributed by atoms with van der Waals surface area (Å²) in [7, 11) is 0. The molecule has 3 amide bonds. The Hall–Kier alpha value is -2.81. The largest absolute Gasteiger partial charge is 0.481 e. The first-order valence-electron chi connectivity index (χ1n) is 8.42. The first kappa shape index (κ1) is 19.0. The molecule has 3 rings (SSSR count). The lowest BCUT2D eigenvalue weighted by molar-refractivity contribution is -0.139. The van der Waals surface area contributed by atoms with E-state index in [1.807, 2.05) is 0 Å². The van der Waals surface area contributed by atoms with Crippen LogP contribution in [0.5, 0.6) is 5.75 Å². The van der Waals surface area contributed by atoms with Gasteiger partial charge >= 0.3 is 5.97 Å². The number of hydrogen-bond acceptors (Lipinski definition) is 6. The van der Waals surface area contributed by atoms with Crippen LogP contribution in [0.15, 0.2) is 29.2 Å². The number of imide groups is 1. The molecule has 0 atom stereocenters. The molecule has 0 saturated carbocycles. The van der Waals surface area contributed by atoms with Crippen molar-refractivity contribution in [1.29, 1.82) is 0 Å². The van der Waals surface area contributed by atoms with Gasteiger partial charge in [0, 0.05) is 18.7 Å². The molecule has 1 aromatic carbocycles. The summed E-state index contributed by atoms with van der Waals surface area (Å²) < 4.78 is 5.21. The molecule has 2 aliphatic rings. The van der Waals surface area contributed by atoms with Crippen molar-refractivity contribution in [2.75, 3.05) is 26.2 Å². The van der Waals surface area contributed by atoms with E-state index in [9.17, 15) is 19.2 Å². The van der Waals surface area contributed by atoms with Crippen molar-refractivity contribution in [3.63, 3.8) is 0 Å². The highest BCUT2D eigenvalue weighted by Gasteiger charge is 2.37. The van der Waals surface area contributed by atoms with Gasteiger partial charge in [0.05, 0.1) is 4.91 Å². The van der Waals surface area contributed by atoms with E-state index in [4.69, 9.17) is 9.84 Å². The van der Waals surface area contributed by atoms with Crippen molar-refractivity contribution >= 4 is 40.9 Å². The molecular weight excluding hydrogens is 372 g/mol. The molecule has 0 aliphatic carbocycles. The molecule has 1 aromatic rings. The van der Waals surface area contributed by atoms with Crippen molar-refractivity contribution in [1.82, 2.24) is 9.80 Å². The van der Waals surface area contributed by atoms with E-state index in [0.717, 1.165) is 29.5 Å². The SMILES string of the molecule is O=C(O)COc1ccccc1/C=C1/SC(=O)N(CC(=O)N2CCCC2)C1=O. The van der Waals surface area contributed by atoms with Crippen molar-refractivity contribution in [2.45, 2.75) is 12.8 Å². The average Bonchev–Trinajstić information content (AvgIpc) is 3.26. The van der Waals surface area contributed by atoms with Gasteiger partial charge in [-0.25, -0.2) is 4.79 Å². The first-order chi connectivity index (χ1) is 13.0. The number of thioether (sulfide) groups is 1. The molecule has 9 heteroatoms. The molecule has 2 heterocycles. The van der Waals surface area contributed by atoms with Crippen LogP contribution < -0.4 is 4.74 Å². The van der Waals surface area contributed by atoms with Crippen LogP contribution in [0.3, 0.4) is 0 Å². The van der Waals surface area contributed by atoms with Gasteiger partial charge < -0.3 is 14.7 Å². The second kappa shape index (κ2) is 8.26. The number of ether oxygens (including phenoxy) is 1. The number of carboxylic acids is 1. The predicted octanol–water partition coefficient (Wildman–Crippen LogP) is 1.81. The number of carbonyl (C=O) groups is 4. The van der Waals surface area contributed by atoms with E-state index in [2.05, 4.69) is 0 Å². The number of carbonyl (C=O) groups excluding carboxylic acids is 3. The number of para-hydroxylation sites is 1. The number of rotatable bonds is 6.